The predicted molar refractivity (Wildman–Crippen MR) is 87.0 cm³/mol. The van der Waals surface area contributed by atoms with E-state index in [9.17, 15) is 8.42 Å². The van der Waals surface area contributed by atoms with Crippen molar-refractivity contribution in [2.75, 3.05) is 20.1 Å². The van der Waals surface area contributed by atoms with E-state index >= 15 is 0 Å². The Bertz CT molecular complexity index is 565. The van der Waals surface area contributed by atoms with Crippen molar-refractivity contribution in [1.29, 1.82) is 0 Å². The first-order valence-corrected chi connectivity index (χ1v) is 8.62. The van der Waals surface area contributed by atoms with Crippen LogP contribution >= 0.6 is 28.3 Å². The molecule has 1 saturated heterocycles. The van der Waals surface area contributed by atoms with Gasteiger partial charge in [-0.15, -0.1) is 12.4 Å². The predicted octanol–water partition coefficient (Wildman–Crippen LogP) is 2.55. The van der Waals surface area contributed by atoms with E-state index in [2.05, 4.69) is 21.2 Å². The van der Waals surface area contributed by atoms with Gasteiger partial charge in [-0.25, -0.2) is 8.42 Å². The second kappa shape index (κ2) is 7.22. The van der Waals surface area contributed by atoms with Crippen LogP contribution < -0.4 is 5.32 Å². The van der Waals surface area contributed by atoms with Crippen molar-refractivity contribution >= 4 is 38.4 Å². The summed E-state index contributed by atoms with van der Waals surface area (Å²) < 4.78 is 27.6. The molecule has 1 aromatic carbocycles. The van der Waals surface area contributed by atoms with Gasteiger partial charge in [0.15, 0.2) is 0 Å². The molecule has 0 aliphatic carbocycles. The second-order valence-corrected chi connectivity index (χ2v) is 7.69. The molecule has 0 bridgehead atoms. The van der Waals surface area contributed by atoms with E-state index in [4.69, 9.17) is 0 Å². The van der Waals surface area contributed by atoms with Gasteiger partial charge in [0.25, 0.3) is 0 Å². The molecule has 0 saturated carbocycles. The quantitative estimate of drug-likeness (QED) is 0.872. The third kappa shape index (κ3) is 3.74. The number of likely N-dealkylation sites (N-methyl/N-ethyl adjacent to an activating group) is 1. The zero-order chi connectivity index (χ0) is 14.0. The molecule has 0 aromatic heterocycles. The Morgan fingerprint density at radius 3 is 2.70 bits per heavy atom. The van der Waals surface area contributed by atoms with Gasteiger partial charge < -0.3 is 5.32 Å². The maximum atomic E-state index is 12.6. The monoisotopic (exact) mass is 382 g/mol. The van der Waals surface area contributed by atoms with E-state index in [1.54, 1.807) is 16.4 Å². The third-order valence-electron chi connectivity index (χ3n) is 3.57. The Balaban J connectivity index is 0.00000200. The van der Waals surface area contributed by atoms with Gasteiger partial charge in [0.1, 0.15) is 0 Å². The molecule has 1 heterocycles. The number of sulfonamides is 1. The molecular formula is C13H20BrClN2O2S. The molecule has 20 heavy (non-hydrogen) atoms. The third-order valence-corrected chi connectivity index (χ3v) is 6.29. The Morgan fingerprint density at radius 2 is 2.10 bits per heavy atom. The van der Waals surface area contributed by atoms with Crippen molar-refractivity contribution in [2.24, 2.45) is 0 Å². The molecule has 1 N–H and O–H groups in total. The van der Waals surface area contributed by atoms with Crippen molar-refractivity contribution in [3.8, 4) is 0 Å². The van der Waals surface area contributed by atoms with Crippen LogP contribution in [0.25, 0.3) is 0 Å². The highest BCUT2D eigenvalue weighted by atomic mass is 79.9. The van der Waals surface area contributed by atoms with Crippen LogP contribution in [0.4, 0.5) is 0 Å². The van der Waals surface area contributed by atoms with Gasteiger partial charge in [0.2, 0.25) is 10.0 Å². The number of nitrogens with one attached hydrogen (secondary N) is 1. The number of hydrogen-bond acceptors (Lipinski definition) is 3. The number of piperidine rings is 1. The molecule has 0 spiro atoms. The zero-order valence-electron chi connectivity index (χ0n) is 11.6. The molecule has 2 rings (SSSR count). The molecule has 1 atom stereocenters. The summed E-state index contributed by atoms with van der Waals surface area (Å²) in [5, 5.41) is 3.16. The largest absolute Gasteiger partial charge is 0.316 e. The highest BCUT2D eigenvalue weighted by Gasteiger charge is 2.29. The molecule has 1 fully saturated rings. The van der Waals surface area contributed by atoms with Crippen LogP contribution in [-0.4, -0.2) is 38.9 Å². The van der Waals surface area contributed by atoms with Gasteiger partial charge in [0, 0.05) is 23.6 Å². The first-order valence-electron chi connectivity index (χ1n) is 6.38. The van der Waals surface area contributed by atoms with Gasteiger partial charge in [-0.05, 0) is 44.5 Å². The van der Waals surface area contributed by atoms with Crippen LogP contribution in [0.15, 0.2) is 27.6 Å². The molecule has 1 unspecified atom stereocenters. The molecular weight excluding hydrogens is 364 g/mol. The Kier molecular flexibility index (Phi) is 6.47. The SMILES string of the molecule is CNC1CCCN(S(=O)(=O)c2ccc(C)c(Br)c2)C1.Cl. The number of hydrogen-bond donors (Lipinski definition) is 1. The highest BCUT2D eigenvalue weighted by Crippen LogP contribution is 2.25. The molecule has 1 aromatic rings. The summed E-state index contributed by atoms with van der Waals surface area (Å²) in [6.45, 7) is 3.09. The zero-order valence-corrected chi connectivity index (χ0v) is 14.8. The van der Waals surface area contributed by atoms with Gasteiger partial charge in [-0.1, -0.05) is 22.0 Å². The fourth-order valence-electron chi connectivity index (χ4n) is 2.28. The summed E-state index contributed by atoms with van der Waals surface area (Å²) in [4.78, 5) is 0.363. The van der Waals surface area contributed by atoms with E-state index in [0.717, 1.165) is 22.9 Å². The molecule has 4 nitrogen and oxygen atoms in total. The standard InChI is InChI=1S/C13H19BrN2O2S.ClH/c1-10-5-6-12(8-13(10)14)19(17,18)16-7-3-4-11(9-16)15-2;/h5-6,8,11,15H,3-4,7,9H2,1-2H3;1H. The summed E-state index contributed by atoms with van der Waals surface area (Å²) in [5.41, 5.74) is 1.03. The lowest BCUT2D eigenvalue weighted by atomic mass is 10.1. The van der Waals surface area contributed by atoms with Gasteiger partial charge in [0.05, 0.1) is 4.90 Å². The lowest BCUT2D eigenvalue weighted by Gasteiger charge is -2.31. The van der Waals surface area contributed by atoms with Crippen LogP contribution in [0, 0.1) is 6.92 Å². The molecule has 0 radical (unpaired) electrons. The summed E-state index contributed by atoms with van der Waals surface area (Å²) in [6.07, 6.45) is 1.93. The van der Waals surface area contributed by atoms with Crippen LogP contribution in [0.5, 0.6) is 0 Å². The van der Waals surface area contributed by atoms with E-state index < -0.39 is 10.0 Å². The maximum absolute atomic E-state index is 12.6. The molecule has 0 amide bonds. The van der Waals surface area contributed by atoms with Crippen molar-refractivity contribution in [2.45, 2.75) is 30.7 Å². The summed E-state index contributed by atoms with van der Waals surface area (Å²) in [5.74, 6) is 0. The maximum Gasteiger partial charge on any atom is 0.243 e. The fraction of sp³-hybridized carbons (Fsp3) is 0.538. The van der Waals surface area contributed by atoms with Crippen molar-refractivity contribution in [1.82, 2.24) is 9.62 Å². The summed E-state index contributed by atoms with van der Waals surface area (Å²) >= 11 is 3.39. The van der Waals surface area contributed by atoms with Gasteiger partial charge >= 0.3 is 0 Å². The van der Waals surface area contributed by atoms with Crippen LogP contribution in [0.2, 0.25) is 0 Å². The van der Waals surface area contributed by atoms with Crippen molar-refractivity contribution in [3.63, 3.8) is 0 Å². The number of halogens is 2. The number of benzene rings is 1. The Labute approximate surface area is 135 Å². The van der Waals surface area contributed by atoms with E-state index in [0.29, 0.717) is 18.0 Å². The number of nitrogens with zero attached hydrogens (tertiary/aromatic N) is 1. The molecule has 7 heteroatoms. The van der Waals surface area contributed by atoms with Crippen molar-refractivity contribution < 1.29 is 8.42 Å². The lowest BCUT2D eigenvalue weighted by molar-refractivity contribution is 0.293. The summed E-state index contributed by atoms with van der Waals surface area (Å²) in [7, 11) is -1.50. The molecule has 1 aliphatic rings. The minimum absolute atomic E-state index is 0. The van der Waals surface area contributed by atoms with E-state index in [1.807, 2.05) is 20.0 Å². The Hall–Kier alpha value is -0.140. The van der Waals surface area contributed by atoms with Crippen LogP contribution in [0.1, 0.15) is 18.4 Å². The smallest absolute Gasteiger partial charge is 0.243 e. The molecule has 1 aliphatic heterocycles. The topological polar surface area (TPSA) is 49.4 Å². The average molecular weight is 384 g/mol. The second-order valence-electron chi connectivity index (χ2n) is 4.90. The minimum Gasteiger partial charge on any atom is -0.316 e. The average Bonchev–Trinajstić information content (AvgIpc) is 2.41. The minimum atomic E-state index is -3.38. The van der Waals surface area contributed by atoms with Gasteiger partial charge in [-0.3, -0.25) is 0 Å². The van der Waals surface area contributed by atoms with Crippen LogP contribution in [-0.2, 0) is 10.0 Å². The first kappa shape index (κ1) is 17.9. The van der Waals surface area contributed by atoms with E-state index in [-0.39, 0.29) is 18.4 Å². The highest BCUT2D eigenvalue weighted by molar-refractivity contribution is 9.10. The fourth-order valence-corrected chi connectivity index (χ4v) is 4.36. The van der Waals surface area contributed by atoms with Crippen molar-refractivity contribution in [3.05, 3.63) is 28.2 Å². The first-order chi connectivity index (χ1) is 8.95. The van der Waals surface area contributed by atoms with Gasteiger partial charge in [-0.2, -0.15) is 4.31 Å². The van der Waals surface area contributed by atoms with E-state index in [1.165, 1.54) is 0 Å². The number of aryl methyl sites for hydroxylation is 1. The van der Waals surface area contributed by atoms with Crippen LogP contribution in [0.3, 0.4) is 0 Å². The normalized spacial score (nSPS) is 20.4. The number of rotatable bonds is 3. The molecule has 114 valence electrons. The Morgan fingerprint density at radius 1 is 1.40 bits per heavy atom. The summed E-state index contributed by atoms with van der Waals surface area (Å²) in [6, 6.07) is 5.44. The lowest BCUT2D eigenvalue weighted by Crippen LogP contribution is -2.46.